The number of nitrogens with zero attached hydrogens (tertiary/aromatic N) is 2. The second-order valence-electron chi connectivity index (χ2n) is 8.50. The number of hydrogen-bond donors (Lipinski definition) is 0. The molecule has 30 heavy (non-hydrogen) atoms. The lowest BCUT2D eigenvalue weighted by atomic mass is 9.93. The first-order valence-electron chi connectivity index (χ1n) is 10.9. The third-order valence-electron chi connectivity index (χ3n) is 6.33. The fourth-order valence-electron chi connectivity index (χ4n) is 4.57. The van der Waals surface area contributed by atoms with Crippen molar-refractivity contribution >= 4 is 11.7 Å². The van der Waals surface area contributed by atoms with Gasteiger partial charge in [-0.15, -0.1) is 0 Å². The van der Waals surface area contributed by atoms with E-state index in [0.29, 0.717) is 19.5 Å². The summed E-state index contributed by atoms with van der Waals surface area (Å²) in [5.41, 5.74) is 1.49. The first kappa shape index (κ1) is 20.6. The van der Waals surface area contributed by atoms with Crippen LogP contribution in [0, 0.1) is 0 Å². The minimum atomic E-state index is -0.365. The van der Waals surface area contributed by atoms with Crippen molar-refractivity contribution in [2.75, 3.05) is 26.2 Å². The van der Waals surface area contributed by atoms with Crippen LogP contribution in [0.15, 0.2) is 54.6 Å². The SMILES string of the molecule is CC(=O)N1Cc2ccccc2O[C@@]2(CCCN(CCC(=O)c3ccccc3)CC2)C1. The molecule has 5 nitrogen and oxygen atoms in total. The maximum Gasteiger partial charge on any atom is 0.219 e. The van der Waals surface area contributed by atoms with Crippen molar-refractivity contribution in [3.63, 3.8) is 0 Å². The molecule has 0 bridgehead atoms. The van der Waals surface area contributed by atoms with E-state index in [9.17, 15) is 9.59 Å². The van der Waals surface area contributed by atoms with Gasteiger partial charge in [0.1, 0.15) is 11.4 Å². The summed E-state index contributed by atoms with van der Waals surface area (Å²) in [6.07, 6.45) is 3.28. The number of fused-ring (bicyclic) bond motifs is 1. The zero-order valence-electron chi connectivity index (χ0n) is 17.7. The normalized spacial score (nSPS) is 22.0. The summed E-state index contributed by atoms with van der Waals surface area (Å²) in [7, 11) is 0. The Hall–Kier alpha value is -2.66. The van der Waals surface area contributed by atoms with Crippen molar-refractivity contribution in [2.24, 2.45) is 0 Å². The molecule has 2 aromatic rings. The van der Waals surface area contributed by atoms with Gasteiger partial charge in [-0.1, -0.05) is 48.5 Å². The summed E-state index contributed by atoms with van der Waals surface area (Å²) >= 11 is 0. The molecular weight excluding hydrogens is 376 g/mol. The fraction of sp³-hybridized carbons (Fsp3) is 0.440. The lowest BCUT2D eigenvalue weighted by molar-refractivity contribution is -0.132. The van der Waals surface area contributed by atoms with Gasteiger partial charge in [0.05, 0.1) is 6.54 Å². The van der Waals surface area contributed by atoms with Gasteiger partial charge in [-0.3, -0.25) is 9.59 Å². The van der Waals surface area contributed by atoms with E-state index in [4.69, 9.17) is 4.74 Å². The van der Waals surface area contributed by atoms with E-state index in [1.165, 1.54) is 0 Å². The monoisotopic (exact) mass is 406 g/mol. The predicted octanol–water partition coefficient (Wildman–Crippen LogP) is 3.93. The molecule has 158 valence electrons. The molecule has 1 saturated heterocycles. The van der Waals surface area contributed by atoms with Crippen LogP contribution in [0.2, 0.25) is 0 Å². The van der Waals surface area contributed by atoms with E-state index in [1.807, 2.05) is 59.5 Å². The van der Waals surface area contributed by atoms with Crippen LogP contribution in [-0.2, 0) is 11.3 Å². The van der Waals surface area contributed by atoms with E-state index < -0.39 is 0 Å². The molecular formula is C25H30N2O3. The van der Waals surface area contributed by atoms with E-state index in [2.05, 4.69) is 4.90 Å². The predicted molar refractivity (Wildman–Crippen MR) is 117 cm³/mol. The van der Waals surface area contributed by atoms with Gasteiger partial charge in [0.25, 0.3) is 0 Å². The second kappa shape index (κ2) is 9.00. The second-order valence-corrected chi connectivity index (χ2v) is 8.50. The number of hydrogen-bond acceptors (Lipinski definition) is 4. The molecule has 1 amide bonds. The molecule has 0 N–H and O–H groups in total. The Morgan fingerprint density at radius 3 is 2.57 bits per heavy atom. The molecule has 0 unspecified atom stereocenters. The van der Waals surface area contributed by atoms with Gasteiger partial charge in [0.2, 0.25) is 5.91 Å². The number of carbonyl (C=O) groups excluding carboxylic acids is 2. The van der Waals surface area contributed by atoms with Crippen LogP contribution < -0.4 is 4.74 Å². The average Bonchev–Trinajstić information content (AvgIpc) is 3.06. The number of amides is 1. The van der Waals surface area contributed by atoms with Crippen LogP contribution in [0.25, 0.3) is 0 Å². The average molecular weight is 407 g/mol. The van der Waals surface area contributed by atoms with Crippen LogP contribution >= 0.6 is 0 Å². The van der Waals surface area contributed by atoms with Crippen LogP contribution in [0.3, 0.4) is 0 Å². The minimum Gasteiger partial charge on any atom is -0.485 e. The topological polar surface area (TPSA) is 49.9 Å². The fourth-order valence-corrected chi connectivity index (χ4v) is 4.57. The first-order chi connectivity index (χ1) is 14.5. The Morgan fingerprint density at radius 2 is 1.77 bits per heavy atom. The summed E-state index contributed by atoms with van der Waals surface area (Å²) in [6.45, 7) is 5.44. The Morgan fingerprint density at radius 1 is 1.00 bits per heavy atom. The number of benzene rings is 2. The van der Waals surface area contributed by atoms with E-state index in [1.54, 1.807) is 6.92 Å². The van der Waals surface area contributed by atoms with Crippen molar-refractivity contribution in [1.29, 1.82) is 0 Å². The van der Waals surface area contributed by atoms with Gasteiger partial charge < -0.3 is 14.5 Å². The van der Waals surface area contributed by atoms with Crippen molar-refractivity contribution in [3.05, 3.63) is 65.7 Å². The summed E-state index contributed by atoms with van der Waals surface area (Å²) in [5.74, 6) is 1.18. The molecule has 0 radical (unpaired) electrons. The molecule has 4 rings (SSSR count). The standard InChI is InChI=1S/C25H30N2O3/c1-20(28)27-18-22-10-5-6-11-24(22)30-25(19-27)13-7-15-26(17-14-25)16-12-23(29)21-8-3-2-4-9-21/h2-6,8-11H,7,12-19H2,1H3/t25-/m1/s1. The summed E-state index contributed by atoms with van der Waals surface area (Å²) in [6, 6.07) is 17.6. The molecule has 2 aliphatic rings. The number of Topliss-reactive ketones (excluding diaryl/α,β-unsaturated/α-hetero) is 1. The maximum absolute atomic E-state index is 12.5. The van der Waals surface area contributed by atoms with Gasteiger partial charge in [-0.2, -0.15) is 0 Å². The highest BCUT2D eigenvalue weighted by atomic mass is 16.5. The molecule has 0 aliphatic carbocycles. The Bertz CT molecular complexity index is 898. The van der Waals surface area contributed by atoms with Crippen molar-refractivity contribution < 1.29 is 14.3 Å². The summed E-state index contributed by atoms with van der Waals surface area (Å²) < 4.78 is 6.60. The number of rotatable bonds is 4. The third kappa shape index (κ3) is 4.73. The molecule has 0 saturated carbocycles. The number of ketones is 1. The highest BCUT2D eigenvalue weighted by molar-refractivity contribution is 5.96. The van der Waals surface area contributed by atoms with Crippen LogP contribution in [-0.4, -0.2) is 53.3 Å². The molecule has 5 heteroatoms. The highest BCUT2D eigenvalue weighted by Crippen LogP contribution is 2.35. The number of carbonyl (C=O) groups is 2. The Kier molecular flexibility index (Phi) is 6.18. The van der Waals surface area contributed by atoms with E-state index in [0.717, 1.165) is 55.8 Å². The largest absolute Gasteiger partial charge is 0.485 e. The van der Waals surface area contributed by atoms with E-state index >= 15 is 0 Å². The van der Waals surface area contributed by atoms with Crippen LogP contribution in [0.5, 0.6) is 5.75 Å². The first-order valence-corrected chi connectivity index (χ1v) is 10.9. The van der Waals surface area contributed by atoms with Crippen LogP contribution in [0.4, 0.5) is 0 Å². The lowest BCUT2D eigenvalue weighted by Gasteiger charge is -2.35. The number of ether oxygens (including phenoxy) is 1. The van der Waals surface area contributed by atoms with Gasteiger partial charge >= 0.3 is 0 Å². The lowest BCUT2D eigenvalue weighted by Crippen LogP contribution is -2.47. The third-order valence-corrected chi connectivity index (χ3v) is 6.33. The zero-order chi connectivity index (χ0) is 21.0. The minimum absolute atomic E-state index is 0.0873. The highest BCUT2D eigenvalue weighted by Gasteiger charge is 2.39. The number of likely N-dealkylation sites (tertiary alicyclic amines) is 1. The molecule has 2 heterocycles. The Balaban J connectivity index is 1.43. The summed E-state index contributed by atoms with van der Waals surface area (Å²) in [5, 5.41) is 0. The van der Waals surface area contributed by atoms with Crippen LogP contribution in [0.1, 0.15) is 48.5 Å². The molecule has 2 aliphatic heterocycles. The van der Waals surface area contributed by atoms with Crippen molar-refractivity contribution in [1.82, 2.24) is 9.80 Å². The molecule has 0 aromatic heterocycles. The molecule has 1 spiro atoms. The van der Waals surface area contributed by atoms with Gasteiger partial charge in [-0.25, -0.2) is 0 Å². The van der Waals surface area contributed by atoms with Gasteiger partial charge in [0.15, 0.2) is 5.78 Å². The molecule has 1 atom stereocenters. The number of para-hydroxylation sites is 1. The van der Waals surface area contributed by atoms with Crippen molar-refractivity contribution in [3.8, 4) is 5.75 Å². The van der Waals surface area contributed by atoms with Crippen molar-refractivity contribution in [2.45, 2.75) is 44.8 Å². The maximum atomic E-state index is 12.5. The smallest absolute Gasteiger partial charge is 0.219 e. The van der Waals surface area contributed by atoms with Gasteiger partial charge in [0, 0.05) is 50.5 Å². The quantitative estimate of drug-likeness (QED) is 0.722. The molecule has 2 aromatic carbocycles. The molecule has 1 fully saturated rings. The van der Waals surface area contributed by atoms with Gasteiger partial charge in [-0.05, 0) is 25.5 Å². The zero-order valence-corrected chi connectivity index (χ0v) is 17.7. The Labute approximate surface area is 178 Å². The summed E-state index contributed by atoms with van der Waals surface area (Å²) in [4.78, 5) is 29.0. The van der Waals surface area contributed by atoms with E-state index in [-0.39, 0.29) is 17.3 Å².